The molecule has 0 radical (unpaired) electrons. The molecule has 0 amide bonds. The average Bonchev–Trinajstić information content (AvgIpc) is 2.31. The van der Waals surface area contributed by atoms with Crippen LogP contribution in [0.2, 0.25) is 5.02 Å². The van der Waals surface area contributed by atoms with Crippen LogP contribution >= 0.6 is 39.3 Å². The van der Waals surface area contributed by atoms with Crippen LogP contribution in [-0.4, -0.2) is 0 Å². The summed E-state index contributed by atoms with van der Waals surface area (Å²) in [6.07, 6.45) is 0. The Labute approximate surface area is 118 Å². The summed E-state index contributed by atoms with van der Waals surface area (Å²) in [4.78, 5) is 1.16. The van der Waals surface area contributed by atoms with Crippen LogP contribution in [0.1, 0.15) is 5.56 Å². The van der Waals surface area contributed by atoms with Gasteiger partial charge in [-0.2, -0.15) is 0 Å². The molecule has 0 aliphatic heterocycles. The van der Waals surface area contributed by atoms with Gasteiger partial charge in [-0.25, -0.2) is 0 Å². The topological polar surface area (TPSA) is 26.0 Å². The second-order valence-corrected chi connectivity index (χ2v) is 5.84. The summed E-state index contributed by atoms with van der Waals surface area (Å²) in [6, 6.07) is 13.8. The summed E-state index contributed by atoms with van der Waals surface area (Å²) in [7, 11) is 0. The highest BCUT2D eigenvalue weighted by atomic mass is 79.9. The lowest BCUT2D eigenvalue weighted by atomic mass is 10.2. The summed E-state index contributed by atoms with van der Waals surface area (Å²) in [5.74, 6) is 0.867. The first-order chi connectivity index (χ1) is 8.16. The van der Waals surface area contributed by atoms with E-state index in [-0.39, 0.29) is 0 Å². The molecular formula is C13H11BrClNS. The first-order valence-electron chi connectivity index (χ1n) is 5.08. The lowest BCUT2D eigenvalue weighted by molar-refractivity contribution is 1.36. The molecule has 0 saturated carbocycles. The summed E-state index contributed by atoms with van der Waals surface area (Å²) in [5.41, 5.74) is 7.80. The minimum atomic E-state index is 0.765. The molecule has 0 unspecified atom stereocenters. The first kappa shape index (κ1) is 12.8. The van der Waals surface area contributed by atoms with Gasteiger partial charge in [0.25, 0.3) is 0 Å². The number of rotatable bonds is 3. The first-order valence-corrected chi connectivity index (χ1v) is 7.23. The number of nitrogen functional groups attached to an aromatic ring is 1. The van der Waals surface area contributed by atoms with Gasteiger partial charge < -0.3 is 5.73 Å². The molecule has 0 heterocycles. The number of benzene rings is 2. The third-order valence-corrected chi connectivity index (χ3v) is 4.54. The van der Waals surface area contributed by atoms with E-state index in [9.17, 15) is 0 Å². The summed E-state index contributed by atoms with van der Waals surface area (Å²) >= 11 is 11.2. The lowest BCUT2D eigenvalue weighted by Crippen LogP contribution is -1.90. The highest BCUT2D eigenvalue weighted by Gasteiger charge is 2.03. The Balaban J connectivity index is 2.10. The molecule has 0 bridgehead atoms. The number of nitrogens with two attached hydrogens (primary N) is 1. The van der Waals surface area contributed by atoms with Gasteiger partial charge in [-0.1, -0.05) is 29.8 Å². The van der Waals surface area contributed by atoms with Gasteiger partial charge in [0.1, 0.15) is 0 Å². The molecule has 1 nitrogen and oxygen atoms in total. The average molecular weight is 329 g/mol. The van der Waals surface area contributed by atoms with Gasteiger partial charge >= 0.3 is 0 Å². The molecule has 17 heavy (non-hydrogen) atoms. The zero-order valence-electron chi connectivity index (χ0n) is 8.99. The molecule has 0 spiro atoms. The van der Waals surface area contributed by atoms with Crippen molar-refractivity contribution in [3.8, 4) is 0 Å². The maximum atomic E-state index is 5.94. The maximum Gasteiger partial charge on any atom is 0.0461 e. The Morgan fingerprint density at radius 2 is 1.94 bits per heavy atom. The van der Waals surface area contributed by atoms with Crippen molar-refractivity contribution in [1.82, 2.24) is 0 Å². The smallest absolute Gasteiger partial charge is 0.0461 e. The van der Waals surface area contributed by atoms with Gasteiger partial charge in [0.2, 0.25) is 0 Å². The third kappa shape index (κ3) is 3.41. The van der Waals surface area contributed by atoms with Crippen molar-refractivity contribution in [2.45, 2.75) is 10.6 Å². The fourth-order valence-corrected chi connectivity index (χ4v) is 3.22. The second kappa shape index (κ2) is 5.80. The quantitative estimate of drug-likeness (QED) is 0.635. The molecule has 88 valence electrons. The Bertz CT molecular complexity index is 531. The van der Waals surface area contributed by atoms with Crippen LogP contribution in [0.25, 0.3) is 0 Å². The van der Waals surface area contributed by atoms with E-state index < -0.39 is 0 Å². The lowest BCUT2D eigenvalue weighted by Gasteiger charge is -2.06. The molecule has 2 aromatic carbocycles. The Morgan fingerprint density at radius 1 is 1.18 bits per heavy atom. The Morgan fingerprint density at radius 3 is 2.71 bits per heavy atom. The minimum Gasteiger partial charge on any atom is -0.398 e. The Kier molecular flexibility index (Phi) is 4.37. The van der Waals surface area contributed by atoms with Crippen molar-refractivity contribution in [2.24, 2.45) is 0 Å². The van der Waals surface area contributed by atoms with Crippen molar-refractivity contribution in [1.29, 1.82) is 0 Å². The van der Waals surface area contributed by atoms with Crippen LogP contribution in [0, 0.1) is 0 Å². The molecule has 0 saturated heterocycles. The molecule has 2 rings (SSSR count). The molecule has 0 aromatic heterocycles. The van der Waals surface area contributed by atoms with Crippen LogP contribution in [0.4, 0.5) is 5.69 Å². The molecule has 0 aliphatic rings. The molecule has 0 fully saturated rings. The van der Waals surface area contributed by atoms with Crippen LogP contribution < -0.4 is 5.73 Å². The van der Waals surface area contributed by atoms with E-state index in [4.69, 9.17) is 17.3 Å². The van der Waals surface area contributed by atoms with E-state index in [0.29, 0.717) is 0 Å². The Hall–Kier alpha value is -0.640. The minimum absolute atomic E-state index is 0.765. The van der Waals surface area contributed by atoms with Crippen LogP contribution in [0.5, 0.6) is 0 Å². The van der Waals surface area contributed by atoms with Gasteiger partial charge in [0, 0.05) is 25.8 Å². The number of hydrogen-bond acceptors (Lipinski definition) is 2. The fraction of sp³-hybridized carbons (Fsp3) is 0.0769. The summed E-state index contributed by atoms with van der Waals surface area (Å²) < 4.78 is 0.981. The largest absolute Gasteiger partial charge is 0.398 e. The number of anilines is 1. The number of thioether (sulfide) groups is 1. The van der Waals surface area contributed by atoms with Crippen LogP contribution in [0.3, 0.4) is 0 Å². The molecule has 0 atom stereocenters. The molecule has 2 aromatic rings. The van der Waals surface area contributed by atoms with Crippen molar-refractivity contribution in [3.05, 3.63) is 57.5 Å². The van der Waals surface area contributed by atoms with Crippen LogP contribution in [0.15, 0.2) is 51.8 Å². The highest BCUT2D eigenvalue weighted by Crippen LogP contribution is 2.30. The van der Waals surface area contributed by atoms with Crippen molar-refractivity contribution >= 4 is 45.0 Å². The second-order valence-electron chi connectivity index (χ2n) is 3.57. The van der Waals surface area contributed by atoms with E-state index in [1.165, 1.54) is 5.56 Å². The van der Waals surface area contributed by atoms with Gasteiger partial charge in [-0.05, 0) is 45.8 Å². The predicted octanol–water partition coefficient (Wildman–Crippen LogP) is 4.98. The molecule has 4 heteroatoms. The monoisotopic (exact) mass is 327 g/mol. The van der Waals surface area contributed by atoms with E-state index in [2.05, 4.69) is 28.1 Å². The molecule has 0 aliphatic carbocycles. The van der Waals surface area contributed by atoms with Gasteiger partial charge in [0.05, 0.1) is 0 Å². The number of hydrogen-bond donors (Lipinski definition) is 1. The van der Waals surface area contributed by atoms with E-state index in [1.807, 2.05) is 30.3 Å². The zero-order chi connectivity index (χ0) is 12.3. The van der Waals surface area contributed by atoms with Gasteiger partial charge in [0.15, 0.2) is 0 Å². The maximum absolute atomic E-state index is 5.94. The molecule has 2 N–H and O–H groups in total. The van der Waals surface area contributed by atoms with E-state index in [0.717, 1.165) is 25.8 Å². The fourth-order valence-electron chi connectivity index (χ4n) is 1.43. The normalized spacial score (nSPS) is 10.5. The summed E-state index contributed by atoms with van der Waals surface area (Å²) in [6.45, 7) is 0. The van der Waals surface area contributed by atoms with E-state index >= 15 is 0 Å². The van der Waals surface area contributed by atoms with Crippen molar-refractivity contribution < 1.29 is 0 Å². The van der Waals surface area contributed by atoms with Crippen molar-refractivity contribution in [2.75, 3.05) is 5.73 Å². The van der Waals surface area contributed by atoms with E-state index in [1.54, 1.807) is 11.8 Å². The van der Waals surface area contributed by atoms with Crippen LogP contribution in [-0.2, 0) is 5.75 Å². The number of halogens is 2. The summed E-state index contributed by atoms with van der Waals surface area (Å²) in [5, 5.41) is 0.765. The van der Waals surface area contributed by atoms with Gasteiger partial charge in [-0.3, -0.25) is 0 Å². The SMILES string of the molecule is Nc1cccc(CSc2cccc(Cl)c2)c1Br. The zero-order valence-corrected chi connectivity index (χ0v) is 12.1. The standard InChI is InChI=1S/C13H11BrClNS/c14-13-9(3-1-6-12(13)16)8-17-11-5-2-4-10(15)7-11/h1-7H,8,16H2. The molecular weight excluding hydrogens is 318 g/mol. The van der Waals surface area contributed by atoms with Gasteiger partial charge in [-0.15, -0.1) is 11.8 Å². The third-order valence-electron chi connectivity index (χ3n) is 2.30. The van der Waals surface area contributed by atoms with Crippen molar-refractivity contribution in [3.63, 3.8) is 0 Å². The highest BCUT2D eigenvalue weighted by molar-refractivity contribution is 9.10. The predicted molar refractivity (Wildman–Crippen MR) is 79.6 cm³/mol.